The number of nitrogen functional groups attached to an aromatic ring is 3. The molecular weight excluding hydrogens is 402 g/mol. The molecule has 2 unspecified atom stereocenters. The Bertz CT molecular complexity index is 1000. The van der Waals surface area contributed by atoms with Gasteiger partial charge in [-0.05, 0) is 64.4 Å². The van der Waals surface area contributed by atoms with Crippen LogP contribution in [0, 0.1) is 11.8 Å². The van der Waals surface area contributed by atoms with Crippen LogP contribution in [0.3, 0.4) is 0 Å². The van der Waals surface area contributed by atoms with Crippen LogP contribution in [0.15, 0.2) is 66.7 Å². The Hall–Kier alpha value is -2.94. The van der Waals surface area contributed by atoms with Crippen molar-refractivity contribution in [1.29, 1.82) is 0 Å². The Labute approximate surface area is 200 Å². The van der Waals surface area contributed by atoms with Crippen LogP contribution in [-0.4, -0.2) is 0 Å². The Morgan fingerprint density at radius 3 is 1.36 bits per heavy atom. The van der Waals surface area contributed by atoms with E-state index in [2.05, 4.69) is 70.2 Å². The van der Waals surface area contributed by atoms with Gasteiger partial charge in [-0.1, -0.05) is 89.8 Å². The van der Waals surface area contributed by atoms with Crippen molar-refractivity contribution in [3.63, 3.8) is 0 Å². The third-order valence-electron chi connectivity index (χ3n) is 7.44. The van der Waals surface area contributed by atoms with E-state index in [9.17, 15) is 0 Å². The average Bonchev–Trinajstić information content (AvgIpc) is 2.83. The van der Waals surface area contributed by atoms with E-state index in [0.717, 1.165) is 42.7 Å². The second kappa shape index (κ2) is 11.3. The summed E-state index contributed by atoms with van der Waals surface area (Å²) in [4.78, 5) is 0. The maximum atomic E-state index is 6.66. The number of benzene rings is 3. The van der Waals surface area contributed by atoms with E-state index in [0.29, 0.717) is 17.8 Å². The van der Waals surface area contributed by atoms with Crippen LogP contribution in [0.2, 0.25) is 0 Å². The van der Waals surface area contributed by atoms with Gasteiger partial charge in [0.1, 0.15) is 0 Å². The minimum atomic E-state index is 0.245. The van der Waals surface area contributed by atoms with E-state index in [4.69, 9.17) is 17.2 Å². The summed E-state index contributed by atoms with van der Waals surface area (Å²) >= 11 is 0. The topological polar surface area (TPSA) is 78.1 Å². The van der Waals surface area contributed by atoms with Gasteiger partial charge in [0.05, 0.1) is 0 Å². The lowest BCUT2D eigenvalue weighted by Crippen LogP contribution is -2.18. The normalized spacial score (nSPS) is 13.4. The average molecular weight is 444 g/mol. The fourth-order valence-electron chi connectivity index (χ4n) is 5.43. The fraction of sp³-hybridized carbons (Fsp3) is 0.400. The van der Waals surface area contributed by atoms with Gasteiger partial charge in [-0.25, -0.2) is 0 Å². The third kappa shape index (κ3) is 5.52. The molecule has 3 rings (SSSR count). The van der Waals surface area contributed by atoms with Crippen LogP contribution in [0.1, 0.15) is 87.5 Å². The molecule has 0 amide bonds. The zero-order chi connectivity index (χ0) is 24.0. The van der Waals surface area contributed by atoms with Crippen LogP contribution in [0.5, 0.6) is 0 Å². The van der Waals surface area contributed by atoms with Gasteiger partial charge in [-0.15, -0.1) is 0 Å². The van der Waals surface area contributed by atoms with Crippen molar-refractivity contribution in [2.24, 2.45) is 11.8 Å². The minimum Gasteiger partial charge on any atom is -0.399 e. The molecule has 0 saturated heterocycles. The maximum Gasteiger partial charge on any atom is 0.0353 e. The van der Waals surface area contributed by atoms with Gasteiger partial charge < -0.3 is 17.2 Å². The third-order valence-corrected chi connectivity index (χ3v) is 7.44. The Kier molecular flexibility index (Phi) is 8.43. The first-order valence-corrected chi connectivity index (χ1v) is 12.5. The van der Waals surface area contributed by atoms with Crippen molar-refractivity contribution in [1.82, 2.24) is 0 Å². The van der Waals surface area contributed by atoms with Gasteiger partial charge in [0.15, 0.2) is 0 Å². The first-order valence-electron chi connectivity index (χ1n) is 12.5. The first kappa shape index (κ1) is 24.7. The molecule has 3 nitrogen and oxygen atoms in total. The highest BCUT2D eigenvalue weighted by molar-refractivity contribution is 5.56. The summed E-state index contributed by atoms with van der Waals surface area (Å²) in [6, 6.07) is 23.5. The Morgan fingerprint density at radius 2 is 0.909 bits per heavy atom. The van der Waals surface area contributed by atoms with Crippen LogP contribution < -0.4 is 17.2 Å². The van der Waals surface area contributed by atoms with Gasteiger partial charge in [-0.3, -0.25) is 0 Å². The van der Waals surface area contributed by atoms with E-state index in [1.807, 2.05) is 24.3 Å². The first-order chi connectivity index (χ1) is 15.9. The second-order valence-electron chi connectivity index (χ2n) is 9.33. The molecule has 0 saturated carbocycles. The molecule has 0 aromatic heterocycles. The molecule has 2 atom stereocenters. The molecule has 3 aromatic rings. The van der Waals surface area contributed by atoms with Crippen LogP contribution in [0.4, 0.5) is 17.1 Å². The number of rotatable bonds is 10. The van der Waals surface area contributed by atoms with Gasteiger partial charge >= 0.3 is 0 Å². The lowest BCUT2D eigenvalue weighted by atomic mass is 9.74. The number of nitrogens with two attached hydrogens (primary N) is 3. The molecular formula is C30H41N3. The fourth-order valence-corrected chi connectivity index (χ4v) is 5.43. The summed E-state index contributed by atoms with van der Waals surface area (Å²) in [5, 5.41) is 0. The number of hydrogen-bond donors (Lipinski definition) is 3. The monoisotopic (exact) mass is 443 g/mol. The van der Waals surface area contributed by atoms with Gasteiger partial charge in [-0.2, -0.15) is 0 Å². The molecule has 0 fully saturated rings. The quantitative estimate of drug-likeness (QED) is 0.283. The standard InChI is InChI=1S/C30H41N3/c1-5-20(6-2)29(22-9-14-25(31)15-10-22)24-13-18-28(33)27(19-24)30(21(7-3)8-4)23-11-16-26(32)17-12-23/h9-21,29-30H,5-8,31-33H2,1-4H3. The Morgan fingerprint density at radius 1 is 0.515 bits per heavy atom. The van der Waals surface area contributed by atoms with Crippen LogP contribution in [0.25, 0.3) is 0 Å². The number of anilines is 3. The molecule has 3 heteroatoms. The summed E-state index contributed by atoms with van der Waals surface area (Å²) in [5.41, 5.74) is 26.3. The largest absolute Gasteiger partial charge is 0.399 e. The smallest absolute Gasteiger partial charge is 0.0353 e. The minimum absolute atomic E-state index is 0.245. The maximum absolute atomic E-state index is 6.66. The second-order valence-corrected chi connectivity index (χ2v) is 9.33. The molecule has 0 aliphatic rings. The highest BCUT2D eigenvalue weighted by Gasteiger charge is 2.28. The molecule has 0 heterocycles. The molecule has 0 aliphatic carbocycles. The lowest BCUT2D eigenvalue weighted by Gasteiger charge is -2.31. The lowest BCUT2D eigenvalue weighted by molar-refractivity contribution is 0.431. The molecule has 6 N–H and O–H groups in total. The van der Waals surface area contributed by atoms with Gasteiger partial charge in [0, 0.05) is 28.9 Å². The molecule has 176 valence electrons. The molecule has 3 aromatic carbocycles. The predicted octanol–water partition coefficient (Wildman–Crippen LogP) is 7.57. The van der Waals surface area contributed by atoms with Crippen molar-refractivity contribution < 1.29 is 0 Å². The zero-order valence-corrected chi connectivity index (χ0v) is 20.7. The SMILES string of the molecule is CCC(CC)C(c1ccc(N)cc1)c1ccc(N)c(C(c2ccc(N)cc2)C(CC)CC)c1. The zero-order valence-electron chi connectivity index (χ0n) is 20.7. The van der Waals surface area contributed by atoms with E-state index >= 15 is 0 Å². The van der Waals surface area contributed by atoms with Crippen LogP contribution >= 0.6 is 0 Å². The summed E-state index contributed by atoms with van der Waals surface area (Å²) in [7, 11) is 0. The highest BCUT2D eigenvalue weighted by Crippen LogP contribution is 2.42. The molecule has 33 heavy (non-hydrogen) atoms. The Balaban J connectivity index is 2.17. The summed E-state index contributed by atoms with van der Waals surface area (Å²) < 4.78 is 0. The van der Waals surface area contributed by atoms with Gasteiger partial charge in [0.25, 0.3) is 0 Å². The van der Waals surface area contributed by atoms with E-state index in [-0.39, 0.29) is 5.92 Å². The number of hydrogen-bond acceptors (Lipinski definition) is 3. The summed E-state index contributed by atoms with van der Waals surface area (Å²) in [5.74, 6) is 1.62. The van der Waals surface area contributed by atoms with Crippen molar-refractivity contribution in [3.8, 4) is 0 Å². The van der Waals surface area contributed by atoms with Crippen molar-refractivity contribution in [2.45, 2.75) is 65.2 Å². The van der Waals surface area contributed by atoms with Crippen molar-refractivity contribution in [3.05, 3.63) is 89.0 Å². The molecule has 0 aliphatic heterocycles. The summed E-state index contributed by atoms with van der Waals surface area (Å²) in [6.45, 7) is 9.13. The van der Waals surface area contributed by atoms with Gasteiger partial charge in [0.2, 0.25) is 0 Å². The van der Waals surface area contributed by atoms with Crippen molar-refractivity contribution >= 4 is 17.1 Å². The highest BCUT2D eigenvalue weighted by atomic mass is 14.6. The predicted molar refractivity (Wildman–Crippen MR) is 144 cm³/mol. The van der Waals surface area contributed by atoms with E-state index < -0.39 is 0 Å². The van der Waals surface area contributed by atoms with E-state index in [1.165, 1.54) is 22.3 Å². The molecule has 0 spiro atoms. The molecule has 0 radical (unpaired) electrons. The van der Waals surface area contributed by atoms with Crippen molar-refractivity contribution in [2.75, 3.05) is 17.2 Å². The molecule has 0 bridgehead atoms. The van der Waals surface area contributed by atoms with E-state index in [1.54, 1.807) is 0 Å². The van der Waals surface area contributed by atoms with Crippen LogP contribution in [-0.2, 0) is 0 Å². The summed E-state index contributed by atoms with van der Waals surface area (Å²) in [6.07, 6.45) is 4.45.